The summed E-state index contributed by atoms with van der Waals surface area (Å²) in [6, 6.07) is 8.90. The van der Waals surface area contributed by atoms with Crippen LogP contribution < -0.4 is 4.74 Å². The fourth-order valence-electron chi connectivity index (χ4n) is 0.790. The molecule has 1 heterocycles. The van der Waals surface area contributed by atoms with Crippen molar-refractivity contribution in [2.75, 3.05) is 0 Å². The molecule has 15 heavy (non-hydrogen) atoms. The predicted octanol–water partition coefficient (Wildman–Crippen LogP) is 2.24. The normalized spacial score (nSPS) is 8.60. The molecule has 0 saturated heterocycles. The second-order valence-electron chi connectivity index (χ2n) is 2.44. The number of H-pyrrole nitrogens is 1. The number of carbonyl (C=O) groups excluding carboxylic acids is 1. The summed E-state index contributed by atoms with van der Waals surface area (Å²) in [7, 11) is 0. The maximum Gasteiger partial charge on any atom is 0.298 e. The summed E-state index contributed by atoms with van der Waals surface area (Å²) in [6.45, 7) is 0.412. The Morgan fingerprint density at radius 3 is 2.47 bits per heavy atom. The number of nitrogens with one attached hydrogen (secondary N) is 1. The summed E-state index contributed by atoms with van der Waals surface area (Å²) in [4.78, 5) is 9.75. The minimum absolute atomic E-state index is 0.412. The number of halogens is 1. The van der Waals surface area contributed by atoms with Gasteiger partial charge in [0.1, 0.15) is 5.75 Å². The van der Waals surface area contributed by atoms with Crippen LogP contribution in [0.4, 0.5) is 0 Å². The van der Waals surface area contributed by atoms with E-state index in [1.165, 1.54) is 0 Å². The molecule has 0 fully saturated rings. The standard InChI is InChI=1S/C7H6O2.C3H3IN2/c8-6-9-7-4-2-1-3-5-7;4-3-1-5-6-2-3/h1-6H;1-2H,(H,5,6). The van der Waals surface area contributed by atoms with Gasteiger partial charge >= 0.3 is 0 Å². The van der Waals surface area contributed by atoms with Gasteiger partial charge in [-0.25, -0.2) is 0 Å². The minimum atomic E-state index is 0.412. The lowest BCUT2D eigenvalue weighted by atomic mass is 10.3. The highest BCUT2D eigenvalue weighted by atomic mass is 127. The SMILES string of the molecule is Ic1cn[nH]c1.O=COc1ccccc1. The highest BCUT2D eigenvalue weighted by molar-refractivity contribution is 14.1. The lowest BCUT2D eigenvalue weighted by Crippen LogP contribution is -1.85. The first-order valence-electron chi connectivity index (χ1n) is 4.12. The molecule has 0 bridgehead atoms. The number of hydrogen-bond donors (Lipinski definition) is 1. The molecule has 78 valence electrons. The molecule has 0 saturated carbocycles. The van der Waals surface area contributed by atoms with Crippen LogP contribution in [-0.2, 0) is 4.79 Å². The van der Waals surface area contributed by atoms with E-state index in [9.17, 15) is 4.79 Å². The first kappa shape index (κ1) is 11.7. The summed E-state index contributed by atoms with van der Waals surface area (Å²) >= 11 is 2.18. The molecule has 1 aromatic carbocycles. The molecule has 0 radical (unpaired) electrons. The Labute approximate surface area is 101 Å². The maximum atomic E-state index is 9.75. The van der Waals surface area contributed by atoms with E-state index in [4.69, 9.17) is 0 Å². The Morgan fingerprint density at radius 2 is 2.07 bits per heavy atom. The third-order valence-electron chi connectivity index (χ3n) is 1.39. The number of rotatable bonds is 2. The van der Waals surface area contributed by atoms with Crippen LogP contribution in [0.15, 0.2) is 42.7 Å². The van der Waals surface area contributed by atoms with E-state index in [1.54, 1.807) is 30.5 Å². The number of para-hydroxylation sites is 1. The van der Waals surface area contributed by atoms with Gasteiger partial charge in [-0.1, -0.05) is 18.2 Å². The van der Waals surface area contributed by atoms with Crippen molar-refractivity contribution < 1.29 is 9.53 Å². The Kier molecular flexibility index (Phi) is 5.46. The number of aromatic amines is 1. The minimum Gasteiger partial charge on any atom is -0.429 e. The number of aromatic nitrogens is 2. The van der Waals surface area contributed by atoms with Crippen LogP contribution in [0, 0.1) is 3.57 Å². The first-order chi connectivity index (χ1) is 7.33. The summed E-state index contributed by atoms with van der Waals surface area (Å²) in [5.41, 5.74) is 0. The quantitative estimate of drug-likeness (QED) is 0.683. The van der Waals surface area contributed by atoms with Crippen LogP contribution in [0.5, 0.6) is 5.75 Å². The zero-order chi connectivity index (χ0) is 10.9. The van der Waals surface area contributed by atoms with Crippen LogP contribution in [0.1, 0.15) is 0 Å². The zero-order valence-electron chi connectivity index (χ0n) is 7.76. The molecule has 0 aliphatic heterocycles. The predicted molar refractivity (Wildman–Crippen MR) is 64.4 cm³/mol. The van der Waals surface area contributed by atoms with Crippen molar-refractivity contribution in [3.8, 4) is 5.75 Å². The van der Waals surface area contributed by atoms with E-state index in [0.717, 1.165) is 3.57 Å². The van der Waals surface area contributed by atoms with Gasteiger partial charge in [-0.05, 0) is 34.7 Å². The van der Waals surface area contributed by atoms with E-state index in [0.29, 0.717) is 12.2 Å². The molecule has 4 nitrogen and oxygen atoms in total. The van der Waals surface area contributed by atoms with Gasteiger partial charge in [-0.3, -0.25) is 9.89 Å². The topological polar surface area (TPSA) is 55.0 Å². The van der Waals surface area contributed by atoms with Crippen LogP contribution in [0.25, 0.3) is 0 Å². The van der Waals surface area contributed by atoms with Crippen LogP contribution >= 0.6 is 22.6 Å². The molecule has 0 aliphatic carbocycles. The molecule has 0 unspecified atom stereocenters. The summed E-state index contributed by atoms with van der Waals surface area (Å²) in [6.07, 6.45) is 3.60. The average Bonchev–Trinajstić information content (AvgIpc) is 2.72. The smallest absolute Gasteiger partial charge is 0.298 e. The van der Waals surface area contributed by atoms with Crippen molar-refractivity contribution in [1.29, 1.82) is 0 Å². The molecular weight excluding hydrogens is 307 g/mol. The molecule has 5 heteroatoms. The fraction of sp³-hybridized carbons (Fsp3) is 0. The Bertz CT molecular complexity index is 376. The molecule has 2 rings (SSSR count). The van der Waals surface area contributed by atoms with Gasteiger partial charge in [0.25, 0.3) is 6.47 Å². The fourth-order valence-corrected chi connectivity index (χ4v) is 1.07. The molecule has 0 spiro atoms. The third kappa shape index (κ3) is 5.16. The monoisotopic (exact) mass is 316 g/mol. The lowest BCUT2D eigenvalue weighted by Gasteiger charge is -1.92. The summed E-state index contributed by atoms with van der Waals surface area (Å²) in [5, 5.41) is 6.36. The number of hydrogen-bond acceptors (Lipinski definition) is 3. The Morgan fingerprint density at radius 1 is 1.33 bits per heavy atom. The molecule has 1 N–H and O–H groups in total. The second kappa shape index (κ2) is 6.99. The van der Waals surface area contributed by atoms with Crippen LogP contribution in [0.2, 0.25) is 0 Å². The van der Waals surface area contributed by atoms with Crippen molar-refractivity contribution in [3.63, 3.8) is 0 Å². The van der Waals surface area contributed by atoms with Gasteiger partial charge in [0, 0.05) is 6.20 Å². The Hall–Kier alpha value is -1.37. The van der Waals surface area contributed by atoms with Gasteiger partial charge in [0.05, 0.1) is 9.77 Å². The lowest BCUT2D eigenvalue weighted by molar-refractivity contribution is -0.120. The van der Waals surface area contributed by atoms with Gasteiger partial charge in [0.15, 0.2) is 0 Å². The molecule has 2 aromatic rings. The molecular formula is C10H9IN2O2. The number of nitrogens with zero attached hydrogens (tertiary/aromatic N) is 1. The summed E-state index contributed by atoms with van der Waals surface area (Å²) < 4.78 is 5.67. The number of ether oxygens (including phenoxy) is 1. The van der Waals surface area contributed by atoms with E-state index in [1.807, 2.05) is 12.3 Å². The number of benzene rings is 1. The van der Waals surface area contributed by atoms with E-state index < -0.39 is 0 Å². The van der Waals surface area contributed by atoms with Crippen molar-refractivity contribution in [2.45, 2.75) is 0 Å². The van der Waals surface area contributed by atoms with Gasteiger partial charge < -0.3 is 4.74 Å². The Balaban J connectivity index is 0.000000162. The average molecular weight is 316 g/mol. The molecule has 0 atom stereocenters. The van der Waals surface area contributed by atoms with E-state index >= 15 is 0 Å². The van der Waals surface area contributed by atoms with Crippen molar-refractivity contribution >= 4 is 29.1 Å². The van der Waals surface area contributed by atoms with Crippen molar-refractivity contribution in [1.82, 2.24) is 10.2 Å². The van der Waals surface area contributed by atoms with Crippen molar-refractivity contribution in [3.05, 3.63) is 46.3 Å². The third-order valence-corrected chi connectivity index (χ3v) is 1.98. The zero-order valence-corrected chi connectivity index (χ0v) is 9.92. The summed E-state index contributed by atoms with van der Waals surface area (Å²) in [5.74, 6) is 0.576. The highest BCUT2D eigenvalue weighted by Crippen LogP contribution is 2.05. The van der Waals surface area contributed by atoms with Crippen LogP contribution in [0.3, 0.4) is 0 Å². The van der Waals surface area contributed by atoms with E-state index in [2.05, 4.69) is 37.5 Å². The van der Waals surface area contributed by atoms with Gasteiger partial charge in [-0.2, -0.15) is 5.10 Å². The maximum absolute atomic E-state index is 9.75. The van der Waals surface area contributed by atoms with Gasteiger partial charge in [-0.15, -0.1) is 0 Å². The van der Waals surface area contributed by atoms with Gasteiger partial charge in [0.2, 0.25) is 0 Å². The van der Waals surface area contributed by atoms with Crippen molar-refractivity contribution in [2.24, 2.45) is 0 Å². The highest BCUT2D eigenvalue weighted by Gasteiger charge is 1.84. The largest absolute Gasteiger partial charge is 0.429 e. The molecule has 0 aliphatic rings. The molecule has 0 amide bonds. The van der Waals surface area contributed by atoms with Crippen LogP contribution in [-0.4, -0.2) is 16.7 Å². The molecule has 1 aromatic heterocycles. The van der Waals surface area contributed by atoms with E-state index in [-0.39, 0.29) is 0 Å². The second-order valence-corrected chi connectivity index (χ2v) is 3.69. The first-order valence-corrected chi connectivity index (χ1v) is 5.20. The number of carbonyl (C=O) groups is 1.